The molecule has 4 rings (SSSR count). The first-order valence-electron chi connectivity index (χ1n) is 7.88. The van der Waals surface area contributed by atoms with Gasteiger partial charge in [-0.25, -0.2) is 14.6 Å². The molecule has 0 saturated heterocycles. The molecule has 4 aromatic rings. The van der Waals surface area contributed by atoms with Gasteiger partial charge in [0, 0.05) is 36.1 Å². The largest absolute Gasteiger partial charge is 0.350 e. The minimum atomic E-state index is -0.173. The van der Waals surface area contributed by atoms with E-state index in [-0.39, 0.29) is 5.91 Å². The van der Waals surface area contributed by atoms with E-state index in [0.29, 0.717) is 18.7 Å². The molecule has 1 amide bonds. The highest BCUT2D eigenvalue weighted by Gasteiger charge is 2.09. The van der Waals surface area contributed by atoms with E-state index in [9.17, 15) is 4.79 Å². The zero-order chi connectivity index (χ0) is 17.1. The van der Waals surface area contributed by atoms with Gasteiger partial charge in [0.15, 0.2) is 0 Å². The monoisotopic (exact) mass is 349 g/mol. The number of fused-ring (bicyclic) bond motifs is 1. The van der Waals surface area contributed by atoms with Gasteiger partial charge in [0.1, 0.15) is 5.69 Å². The molecule has 6 nitrogen and oxygen atoms in total. The molecule has 0 spiro atoms. The Morgan fingerprint density at radius 1 is 1.12 bits per heavy atom. The normalized spacial score (nSPS) is 10.9. The van der Waals surface area contributed by atoms with Crippen molar-refractivity contribution in [3.8, 4) is 5.13 Å². The van der Waals surface area contributed by atoms with E-state index in [1.807, 2.05) is 48.0 Å². The fraction of sp³-hybridized carbons (Fsp3) is 0.111. The van der Waals surface area contributed by atoms with Gasteiger partial charge in [-0.3, -0.25) is 4.79 Å². The molecule has 3 heterocycles. The molecule has 0 aliphatic rings. The topological polar surface area (TPSA) is 72.7 Å². The van der Waals surface area contributed by atoms with Crippen LogP contribution in [0.3, 0.4) is 0 Å². The Morgan fingerprint density at radius 2 is 2.04 bits per heavy atom. The summed E-state index contributed by atoms with van der Waals surface area (Å²) >= 11 is 1.53. The van der Waals surface area contributed by atoms with Crippen LogP contribution in [-0.4, -0.2) is 32.2 Å². The average Bonchev–Trinajstić information content (AvgIpc) is 3.32. The summed E-state index contributed by atoms with van der Waals surface area (Å²) in [6.07, 6.45) is 4.24. The number of para-hydroxylation sites is 1. The predicted octanol–water partition coefficient (Wildman–Crippen LogP) is 2.85. The first kappa shape index (κ1) is 15.5. The quantitative estimate of drug-likeness (QED) is 0.601. The molecule has 3 aromatic heterocycles. The number of aromatic nitrogens is 4. The van der Waals surface area contributed by atoms with Crippen LogP contribution in [0.15, 0.2) is 60.2 Å². The fourth-order valence-electron chi connectivity index (χ4n) is 2.49. The highest BCUT2D eigenvalue weighted by Crippen LogP contribution is 2.14. The molecule has 0 bridgehead atoms. The maximum atomic E-state index is 12.3. The zero-order valence-corrected chi connectivity index (χ0v) is 14.1. The Hall–Kier alpha value is -3.06. The molecule has 1 N–H and O–H groups in total. The summed E-state index contributed by atoms with van der Waals surface area (Å²) in [6, 6.07) is 13.3. The summed E-state index contributed by atoms with van der Waals surface area (Å²) in [6.45, 7) is 0.510. The molecule has 0 atom stereocenters. The highest BCUT2D eigenvalue weighted by molar-refractivity contribution is 7.12. The van der Waals surface area contributed by atoms with Crippen LogP contribution >= 0.6 is 11.3 Å². The summed E-state index contributed by atoms with van der Waals surface area (Å²) in [7, 11) is 0. The number of carbonyl (C=O) groups is 1. The zero-order valence-electron chi connectivity index (χ0n) is 13.3. The lowest BCUT2D eigenvalue weighted by Crippen LogP contribution is -2.26. The molecule has 0 unspecified atom stereocenters. The number of benzene rings is 1. The molecule has 25 heavy (non-hydrogen) atoms. The van der Waals surface area contributed by atoms with Gasteiger partial charge < -0.3 is 5.32 Å². The number of carbonyl (C=O) groups excluding carboxylic acids is 1. The van der Waals surface area contributed by atoms with E-state index in [2.05, 4.69) is 20.4 Å². The van der Waals surface area contributed by atoms with Crippen LogP contribution in [0.1, 0.15) is 16.2 Å². The van der Waals surface area contributed by atoms with Crippen molar-refractivity contribution < 1.29 is 4.79 Å². The van der Waals surface area contributed by atoms with Crippen LogP contribution in [0.5, 0.6) is 0 Å². The molecule has 0 aliphatic heterocycles. The van der Waals surface area contributed by atoms with Crippen molar-refractivity contribution in [2.45, 2.75) is 6.42 Å². The van der Waals surface area contributed by atoms with Gasteiger partial charge in [0.25, 0.3) is 5.91 Å². The van der Waals surface area contributed by atoms with Crippen LogP contribution in [0.25, 0.3) is 16.0 Å². The first-order valence-corrected chi connectivity index (χ1v) is 8.76. The van der Waals surface area contributed by atoms with Gasteiger partial charge in [0.2, 0.25) is 5.13 Å². The van der Waals surface area contributed by atoms with Crippen LogP contribution in [-0.2, 0) is 6.42 Å². The van der Waals surface area contributed by atoms with Crippen molar-refractivity contribution in [1.82, 2.24) is 25.1 Å². The number of pyridine rings is 1. The van der Waals surface area contributed by atoms with Crippen LogP contribution in [0, 0.1) is 0 Å². The van der Waals surface area contributed by atoms with E-state index >= 15 is 0 Å². The Balaban J connectivity index is 1.37. The summed E-state index contributed by atoms with van der Waals surface area (Å²) in [5.41, 5.74) is 2.18. The van der Waals surface area contributed by atoms with Gasteiger partial charge in [-0.1, -0.05) is 24.3 Å². The van der Waals surface area contributed by atoms with E-state index in [1.54, 1.807) is 16.9 Å². The fourth-order valence-corrected chi connectivity index (χ4v) is 3.28. The Labute approximate surface area is 148 Å². The van der Waals surface area contributed by atoms with Gasteiger partial charge in [0.05, 0.1) is 11.2 Å². The average molecular weight is 349 g/mol. The van der Waals surface area contributed by atoms with Gasteiger partial charge in [-0.15, -0.1) is 11.3 Å². The molecule has 1 aromatic carbocycles. The third kappa shape index (κ3) is 3.41. The number of nitrogens with zero attached hydrogens (tertiary/aromatic N) is 4. The molecule has 0 saturated carbocycles. The summed E-state index contributed by atoms with van der Waals surface area (Å²) in [5.74, 6) is -0.173. The second-order valence-electron chi connectivity index (χ2n) is 5.47. The van der Waals surface area contributed by atoms with E-state index in [1.165, 1.54) is 11.3 Å². The predicted molar refractivity (Wildman–Crippen MR) is 97.0 cm³/mol. The number of nitrogens with one attached hydrogen (secondary N) is 1. The number of amides is 1. The van der Waals surface area contributed by atoms with Crippen molar-refractivity contribution in [3.63, 3.8) is 0 Å². The maximum Gasteiger partial charge on any atom is 0.269 e. The second-order valence-corrected chi connectivity index (χ2v) is 6.30. The van der Waals surface area contributed by atoms with Crippen molar-refractivity contribution in [3.05, 3.63) is 71.6 Å². The van der Waals surface area contributed by atoms with E-state index < -0.39 is 0 Å². The van der Waals surface area contributed by atoms with E-state index in [4.69, 9.17) is 0 Å². The lowest BCUT2D eigenvalue weighted by atomic mass is 10.2. The summed E-state index contributed by atoms with van der Waals surface area (Å²) < 4.78 is 1.73. The lowest BCUT2D eigenvalue weighted by molar-refractivity contribution is 0.0949. The standard InChI is InChI=1S/C18H15N5OS/c24-17(16-7-6-13-4-1-2-5-15(13)22-16)19-10-8-14-12-25-18(21-14)23-11-3-9-20-23/h1-7,9,11-12H,8,10H2,(H,19,24). The minimum absolute atomic E-state index is 0.173. The van der Waals surface area contributed by atoms with Gasteiger partial charge in [-0.05, 0) is 18.2 Å². The molecular formula is C18H15N5OS. The van der Waals surface area contributed by atoms with Gasteiger partial charge in [-0.2, -0.15) is 5.10 Å². The summed E-state index contributed by atoms with van der Waals surface area (Å²) in [5, 5.41) is 10.9. The molecule has 0 radical (unpaired) electrons. The molecule has 0 fully saturated rings. The van der Waals surface area contributed by atoms with Crippen molar-refractivity contribution in [2.24, 2.45) is 0 Å². The Morgan fingerprint density at radius 3 is 2.92 bits per heavy atom. The number of thiazole rings is 1. The SMILES string of the molecule is O=C(NCCc1csc(-n2cccn2)n1)c1ccc2ccccc2n1. The third-order valence-corrected chi connectivity index (χ3v) is 4.62. The number of rotatable bonds is 5. The smallest absolute Gasteiger partial charge is 0.269 e. The molecule has 7 heteroatoms. The van der Waals surface area contributed by atoms with Crippen molar-refractivity contribution in [1.29, 1.82) is 0 Å². The minimum Gasteiger partial charge on any atom is -0.350 e. The number of hydrogen-bond acceptors (Lipinski definition) is 5. The van der Waals surface area contributed by atoms with Crippen molar-refractivity contribution in [2.75, 3.05) is 6.54 Å². The van der Waals surface area contributed by atoms with Crippen LogP contribution < -0.4 is 5.32 Å². The van der Waals surface area contributed by atoms with Gasteiger partial charge >= 0.3 is 0 Å². The second kappa shape index (κ2) is 6.82. The Kier molecular flexibility index (Phi) is 4.22. The van der Waals surface area contributed by atoms with Crippen LogP contribution in [0.4, 0.5) is 0 Å². The highest BCUT2D eigenvalue weighted by atomic mass is 32.1. The molecule has 0 aliphatic carbocycles. The third-order valence-electron chi connectivity index (χ3n) is 3.74. The summed E-state index contributed by atoms with van der Waals surface area (Å²) in [4.78, 5) is 21.2. The lowest BCUT2D eigenvalue weighted by Gasteiger charge is -2.04. The molecular weight excluding hydrogens is 334 g/mol. The Bertz CT molecular complexity index is 1010. The number of hydrogen-bond donors (Lipinski definition) is 1. The first-order chi connectivity index (χ1) is 12.3. The van der Waals surface area contributed by atoms with Crippen molar-refractivity contribution >= 4 is 28.1 Å². The molecule has 124 valence electrons. The van der Waals surface area contributed by atoms with E-state index in [0.717, 1.165) is 21.7 Å². The van der Waals surface area contributed by atoms with Crippen LogP contribution in [0.2, 0.25) is 0 Å². The maximum absolute atomic E-state index is 12.3.